The molecule has 0 aliphatic rings. The number of halogens is 3. The molecule has 0 saturated carbocycles. The average molecular weight is 492 g/mol. The molecular formula is C21H23F3N8O3. The van der Waals surface area contributed by atoms with Gasteiger partial charge in [0.15, 0.2) is 11.5 Å². The summed E-state index contributed by atoms with van der Waals surface area (Å²) < 4.78 is 43.9. The van der Waals surface area contributed by atoms with Crippen LogP contribution in [0.25, 0.3) is 11.2 Å². The minimum absolute atomic E-state index is 0.142. The van der Waals surface area contributed by atoms with E-state index in [1.807, 2.05) is 6.92 Å². The second-order valence-electron chi connectivity index (χ2n) is 7.94. The number of ether oxygens (including phenoxy) is 1. The molecule has 0 spiro atoms. The number of rotatable bonds is 9. The molecule has 1 N–H and O–H groups in total. The van der Waals surface area contributed by atoms with Crippen molar-refractivity contribution < 1.29 is 17.9 Å². The maximum Gasteiger partial charge on any atom is 0.573 e. The molecule has 1 aromatic carbocycles. The van der Waals surface area contributed by atoms with Gasteiger partial charge in [-0.1, -0.05) is 19.1 Å². The molecule has 35 heavy (non-hydrogen) atoms. The minimum Gasteiger partial charge on any atom is -0.406 e. The van der Waals surface area contributed by atoms with Gasteiger partial charge in [-0.15, -0.1) is 23.4 Å². The molecule has 0 bridgehead atoms. The first kappa shape index (κ1) is 24.2. The Labute approximate surface area is 196 Å². The van der Waals surface area contributed by atoms with Crippen molar-refractivity contribution in [1.82, 2.24) is 39.3 Å². The van der Waals surface area contributed by atoms with Crippen LogP contribution in [-0.2, 0) is 26.1 Å². The molecule has 3 heterocycles. The highest BCUT2D eigenvalue weighted by Gasteiger charge is 2.31. The molecule has 0 unspecified atom stereocenters. The van der Waals surface area contributed by atoms with Gasteiger partial charge in [-0.25, -0.2) is 9.78 Å². The quantitative estimate of drug-likeness (QED) is 0.380. The maximum absolute atomic E-state index is 12.9. The van der Waals surface area contributed by atoms with Crippen LogP contribution in [0.5, 0.6) is 5.75 Å². The first-order chi connectivity index (χ1) is 16.6. The number of hydrogen-bond donors (Lipinski definition) is 1. The van der Waals surface area contributed by atoms with E-state index in [2.05, 4.69) is 30.1 Å². The first-order valence-electron chi connectivity index (χ1n) is 11.0. The third kappa shape index (κ3) is 5.58. The SMILES string of the molecule is CCCn1c(=O)n(CCCn2nnc(Cc3cccc(OC(F)(F)F)c3)n2)c(=O)c2[nH]c(C)nc21. The fourth-order valence-electron chi connectivity index (χ4n) is 3.75. The van der Waals surface area contributed by atoms with E-state index in [1.165, 1.54) is 32.1 Å². The highest BCUT2D eigenvalue weighted by Crippen LogP contribution is 2.23. The smallest absolute Gasteiger partial charge is 0.406 e. The van der Waals surface area contributed by atoms with Gasteiger partial charge in [0.2, 0.25) is 0 Å². The van der Waals surface area contributed by atoms with E-state index >= 15 is 0 Å². The molecular weight excluding hydrogens is 469 g/mol. The third-order valence-electron chi connectivity index (χ3n) is 5.16. The average Bonchev–Trinajstić information content (AvgIpc) is 3.39. The van der Waals surface area contributed by atoms with Crippen LogP contribution in [0.2, 0.25) is 0 Å². The summed E-state index contributed by atoms with van der Waals surface area (Å²) >= 11 is 0. The fourth-order valence-corrected chi connectivity index (χ4v) is 3.75. The highest BCUT2D eigenvalue weighted by atomic mass is 19.4. The first-order valence-corrected chi connectivity index (χ1v) is 11.0. The van der Waals surface area contributed by atoms with Gasteiger partial charge in [0, 0.05) is 19.5 Å². The third-order valence-corrected chi connectivity index (χ3v) is 5.16. The van der Waals surface area contributed by atoms with Crippen molar-refractivity contribution >= 4 is 11.2 Å². The second kappa shape index (κ2) is 9.72. The Morgan fingerprint density at radius 1 is 1.11 bits per heavy atom. The number of alkyl halides is 3. The summed E-state index contributed by atoms with van der Waals surface area (Å²) in [4.78, 5) is 34.3. The summed E-state index contributed by atoms with van der Waals surface area (Å²) in [5, 5.41) is 12.1. The molecule has 4 rings (SSSR count). The molecule has 3 aromatic heterocycles. The summed E-state index contributed by atoms with van der Waals surface area (Å²) in [6.07, 6.45) is -3.53. The summed E-state index contributed by atoms with van der Waals surface area (Å²) in [6, 6.07) is 5.54. The van der Waals surface area contributed by atoms with Crippen molar-refractivity contribution in [2.45, 2.75) is 59.1 Å². The van der Waals surface area contributed by atoms with Crippen molar-refractivity contribution in [2.75, 3.05) is 0 Å². The van der Waals surface area contributed by atoms with Crippen molar-refractivity contribution in [3.05, 3.63) is 62.3 Å². The highest BCUT2D eigenvalue weighted by molar-refractivity contribution is 5.69. The minimum atomic E-state index is -4.78. The van der Waals surface area contributed by atoms with E-state index in [-0.39, 0.29) is 30.8 Å². The molecule has 0 saturated heterocycles. The van der Waals surface area contributed by atoms with Gasteiger partial charge in [0.1, 0.15) is 17.1 Å². The van der Waals surface area contributed by atoms with E-state index < -0.39 is 17.6 Å². The van der Waals surface area contributed by atoms with E-state index in [4.69, 9.17) is 0 Å². The van der Waals surface area contributed by atoms with Gasteiger partial charge >= 0.3 is 12.1 Å². The van der Waals surface area contributed by atoms with Crippen molar-refractivity contribution in [3.8, 4) is 5.75 Å². The number of imidazole rings is 1. The number of aromatic nitrogens is 8. The summed E-state index contributed by atoms with van der Waals surface area (Å²) in [7, 11) is 0. The predicted octanol–water partition coefficient (Wildman–Crippen LogP) is 2.17. The number of hydrogen-bond acceptors (Lipinski definition) is 7. The van der Waals surface area contributed by atoms with Crippen molar-refractivity contribution in [3.63, 3.8) is 0 Å². The molecule has 0 fully saturated rings. The lowest BCUT2D eigenvalue weighted by Crippen LogP contribution is -2.40. The number of nitrogens with one attached hydrogen (secondary N) is 1. The van der Waals surface area contributed by atoms with Crippen LogP contribution in [0.1, 0.15) is 37.0 Å². The summed E-state index contributed by atoms with van der Waals surface area (Å²) in [5.41, 5.74) is 0.295. The van der Waals surface area contributed by atoms with E-state index in [1.54, 1.807) is 13.0 Å². The molecule has 0 amide bonds. The van der Waals surface area contributed by atoms with E-state index in [0.29, 0.717) is 42.2 Å². The van der Waals surface area contributed by atoms with E-state index in [9.17, 15) is 22.8 Å². The number of aryl methyl sites for hydroxylation is 3. The van der Waals surface area contributed by atoms with Gasteiger partial charge in [0.25, 0.3) is 5.56 Å². The molecule has 4 aromatic rings. The lowest BCUT2D eigenvalue weighted by Gasteiger charge is -2.10. The number of tetrazole rings is 1. The number of benzene rings is 1. The van der Waals surface area contributed by atoms with Crippen LogP contribution in [0.4, 0.5) is 13.2 Å². The Bertz CT molecular complexity index is 1450. The Morgan fingerprint density at radius 2 is 1.91 bits per heavy atom. The van der Waals surface area contributed by atoms with Crippen LogP contribution in [-0.4, -0.2) is 45.7 Å². The van der Waals surface area contributed by atoms with Gasteiger partial charge in [-0.3, -0.25) is 13.9 Å². The van der Waals surface area contributed by atoms with Crippen molar-refractivity contribution in [2.24, 2.45) is 0 Å². The molecule has 0 aliphatic carbocycles. The van der Waals surface area contributed by atoms with Gasteiger partial charge in [-0.05, 0) is 42.7 Å². The van der Waals surface area contributed by atoms with Gasteiger partial charge < -0.3 is 9.72 Å². The van der Waals surface area contributed by atoms with Crippen LogP contribution in [0.3, 0.4) is 0 Å². The Hall–Kier alpha value is -3.97. The maximum atomic E-state index is 12.9. The van der Waals surface area contributed by atoms with Gasteiger partial charge in [0.05, 0.1) is 6.54 Å². The van der Waals surface area contributed by atoms with Crippen LogP contribution < -0.4 is 16.0 Å². The van der Waals surface area contributed by atoms with Crippen LogP contribution >= 0.6 is 0 Å². The predicted molar refractivity (Wildman–Crippen MR) is 118 cm³/mol. The molecule has 11 nitrogen and oxygen atoms in total. The fraction of sp³-hybridized carbons (Fsp3) is 0.429. The standard InChI is InChI=1S/C21H23F3N8O3/c1-3-8-30-18-17(25-13(2)26-18)19(33)31(20(30)34)9-5-10-32-28-16(27-29-32)12-14-6-4-7-15(11-14)35-21(22,23)24/h4,6-7,11H,3,5,8-10,12H2,1-2H3,(H,25,26). The summed E-state index contributed by atoms with van der Waals surface area (Å²) in [6.45, 7) is 4.51. The number of aromatic amines is 1. The number of fused-ring (bicyclic) bond motifs is 1. The van der Waals surface area contributed by atoms with Crippen molar-refractivity contribution in [1.29, 1.82) is 0 Å². The number of nitrogens with zero attached hydrogens (tertiary/aromatic N) is 7. The monoisotopic (exact) mass is 492 g/mol. The zero-order chi connectivity index (χ0) is 25.2. The van der Waals surface area contributed by atoms with Gasteiger partial charge in [-0.2, -0.15) is 4.80 Å². The molecule has 186 valence electrons. The van der Waals surface area contributed by atoms with Crippen LogP contribution in [0, 0.1) is 6.92 Å². The zero-order valence-corrected chi connectivity index (χ0v) is 19.0. The lowest BCUT2D eigenvalue weighted by molar-refractivity contribution is -0.274. The number of H-pyrrole nitrogens is 1. The molecule has 0 atom stereocenters. The molecule has 14 heteroatoms. The largest absolute Gasteiger partial charge is 0.573 e. The summed E-state index contributed by atoms with van der Waals surface area (Å²) in [5.74, 6) is 0.533. The molecule has 0 radical (unpaired) electrons. The molecule has 0 aliphatic heterocycles. The normalized spacial score (nSPS) is 11.9. The Kier molecular flexibility index (Phi) is 6.71. The lowest BCUT2D eigenvalue weighted by atomic mass is 10.1. The zero-order valence-electron chi connectivity index (χ0n) is 19.0. The second-order valence-corrected chi connectivity index (χ2v) is 7.94. The Morgan fingerprint density at radius 3 is 2.66 bits per heavy atom. The Balaban J connectivity index is 1.44. The van der Waals surface area contributed by atoms with E-state index in [0.717, 1.165) is 0 Å². The van der Waals surface area contributed by atoms with Crippen LogP contribution in [0.15, 0.2) is 33.9 Å². The topological polar surface area (TPSA) is 126 Å².